The molecular formula is C15H16Cl2FNO3. The van der Waals surface area contributed by atoms with Gasteiger partial charge < -0.3 is 14.4 Å². The maximum Gasteiger partial charge on any atom is 0.228 e. The summed E-state index contributed by atoms with van der Waals surface area (Å²) < 4.78 is 24.6. The lowest BCUT2D eigenvalue weighted by atomic mass is 10.0. The summed E-state index contributed by atoms with van der Waals surface area (Å²) in [4.78, 5) is 14.2. The molecule has 0 spiro atoms. The highest BCUT2D eigenvalue weighted by atomic mass is 35.5. The summed E-state index contributed by atoms with van der Waals surface area (Å²) in [5.74, 6) is -0.565. The molecule has 2 saturated heterocycles. The topological polar surface area (TPSA) is 38.8 Å². The first-order valence-corrected chi connectivity index (χ1v) is 7.94. The van der Waals surface area contributed by atoms with Crippen molar-refractivity contribution in [1.29, 1.82) is 0 Å². The predicted octanol–water partition coefficient (Wildman–Crippen LogP) is 3.07. The van der Waals surface area contributed by atoms with Gasteiger partial charge in [-0.05, 0) is 18.6 Å². The average molecular weight is 348 g/mol. The minimum atomic E-state index is -0.544. The number of rotatable bonds is 2. The van der Waals surface area contributed by atoms with Gasteiger partial charge in [-0.1, -0.05) is 23.2 Å². The lowest BCUT2D eigenvalue weighted by Crippen LogP contribution is -2.45. The standard InChI is InChI=1S/C15H16Cl2FNO3/c16-11-6-12(17)13(18)5-10(11)14-7-19(2-4-22-14)15(20)9-1-3-21-8-9/h5-6,9,14H,1-4,7-8H2/t9-,14-/m0/s1. The minimum Gasteiger partial charge on any atom is -0.381 e. The second kappa shape index (κ2) is 6.71. The van der Waals surface area contributed by atoms with E-state index >= 15 is 0 Å². The Morgan fingerprint density at radius 1 is 1.27 bits per heavy atom. The molecule has 1 amide bonds. The van der Waals surface area contributed by atoms with Gasteiger partial charge in [0.15, 0.2) is 0 Å². The predicted molar refractivity (Wildman–Crippen MR) is 80.6 cm³/mol. The third kappa shape index (κ3) is 3.23. The molecule has 0 saturated carbocycles. The van der Waals surface area contributed by atoms with E-state index in [9.17, 15) is 9.18 Å². The number of hydrogen-bond acceptors (Lipinski definition) is 3. The van der Waals surface area contributed by atoms with E-state index in [0.29, 0.717) is 43.5 Å². The van der Waals surface area contributed by atoms with Crippen molar-refractivity contribution in [3.05, 3.63) is 33.6 Å². The minimum absolute atomic E-state index is 0.0272. The molecule has 120 valence electrons. The van der Waals surface area contributed by atoms with Crippen LogP contribution in [-0.4, -0.2) is 43.7 Å². The Morgan fingerprint density at radius 3 is 2.82 bits per heavy atom. The molecule has 2 fully saturated rings. The van der Waals surface area contributed by atoms with Crippen molar-refractivity contribution in [2.75, 3.05) is 32.9 Å². The van der Waals surface area contributed by atoms with E-state index < -0.39 is 11.9 Å². The molecule has 0 aromatic heterocycles. The van der Waals surface area contributed by atoms with Gasteiger partial charge in [-0.3, -0.25) is 4.79 Å². The number of halogens is 3. The Bertz CT molecular complexity index is 578. The van der Waals surface area contributed by atoms with Crippen LogP contribution in [0.3, 0.4) is 0 Å². The zero-order chi connectivity index (χ0) is 15.7. The summed E-state index contributed by atoms with van der Waals surface area (Å²) in [6.07, 6.45) is 0.302. The third-order valence-electron chi connectivity index (χ3n) is 4.04. The van der Waals surface area contributed by atoms with Crippen molar-refractivity contribution >= 4 is 29.1 Å². The van der Waals surface area contributed by atoms with Crippen LogP contribution in [0.1, 0.15) is 18.1 Å². The van der Waals surface area contributed by atoms with Gasteiger partial charge in [0.1, 0.15) is 11.9 Å². The number of ether oxygens (including phenoxy) is 2. The van der Waals surface area contributed by atoms with Gasteiger partial charge in [0.2, 0.25) is 5.91 Å². The monoisotopic (exact) mass is 347 g/mol. The van der Waals surface area contributed by atoms with E-state index in [1.807, 2.05) is 0 Å². The fourth-order valence-electron chi connectivity index (χ4n) is 2.81. The van der Waals surface area contributed by atoms with Crippen LogP contribution in [0.5, 0.6) is 0 Å². The molecule has 2 aliphatic rings. The largest absolute Gasteiger partial charge is 0.381 e. The molecule has 4 nitrogen and oxygen atoms in total. The first-order chi connectivity index (χ1) is 10.6. The molecular weight excluding hydrogens is 332 g/mol. The van der Waals surface area contributed by atoms with E-state index in [-0.39, 0.29) is 16.8 Å². The number of morpholine rings is 1. The lowest BCUT2D eigenvalue weighted by molar-refractivity contribution is -0.143. The summed E-state index contributed by atoms with van der Waals surface area (Å²) in [5.41, 5.74) is 0.517. The smallest absolute Gasteiger partial charge is 0.228 e. The summed E-state index contributed by atoms with van der Waals surface area (Å²) in [6.45, 7) is 2.37. The number of hydrogen-bond donors (Lipinski definition) is 0. The Labute approximate surface area is 138 Å². The van der Waals surface area contributed by atoms with Crippen LogP contribution >= 0.6 is 23.2 Å². The molecule has 0 radical (unpaired) electrons. The number of carbonyl (C=O) groups is 1. The number of carbonyl (C=O) groups excluding carboxylic acids is 1. The van der Waals surface area contributed by atoms with Gasteiger partial charge in [0, 0.05) is 23.7 Å². The number of benzene rings is 1. The van der Waals surface area contributed by atoms with E-state index in [1.165, 1.54) is 12.1 Å². The zero-order valence-electron chi connectivity index (χ0n) is 11.9. The molecule has 22 heavy (non-hydrogen) atoms. The maximum atomic E-state index is 13.7. The first-order valence-electron chi connectivity index (χ1n) is 7.19. The third-order valence-corrected chi connectivity index (χ3v) is 4.66. The molecule has 0 bridgehead atoms. The average Bonchev–Trinajstić information content (AvgIpc) is 3.04. The number of nitrogens with zero attached hydrogens (tertiary/aromatic N) is 1. The van der Waals surface area contributed by atoms with E-state index in [0.717, 1.165) is 6.42 Å². The second-order valence-corrected chi connectivity index (χ2v) is 6.31. The maximum absolute atomic E-state index is 13.7. The van der Waals surface area contributed by atoms with Crippen molar-refractivity contribution < 1.29 is 18.7 Å². The van der Waals surface area contributed by atoms with Crippen LogP contribution in [-0.2, 0) is 14.3 Å². The molecule has 2 atom stereocenters. The number of amides is 1. The van der Waals surface area contributed by atoms with Gasteiger partial charge in [-0.15, -0.1) is 0 Å². The van der Waals surface area contributed by atoms with E-state index in [4.69, 9.17) is 32.7 Å². The van der Waals surface area contributed by atoms with Gasteiger partial charge in [-0.25, -0.2) is 4.39 Å². The highest BCUT2D eigenvalue weighted by Gasteiger charge is 2.32. The Hall–Kier alpha value is -0.880. The van der Waals surface area contributed by atoms with Gasteiger partial charge in [0.25, 0.3) is 0 Å². The van der Waals surface area contributed by atoms with Gasteiger partial charge in [0.05, 0.1) is 30.7 Å². The van der Waals surface area contributed by atoms with E-state index in [2.05, 4.69) is 0 Å². The molecule has 2 heterocycles. The molecule has 0 aliphatic carbocycles. The molecule has 0 unspecified atom stereocenters. The van der Waals surface area contributed by atoms with Crippen LogP contribution in [0, 0.1) is 11.7 Å². The lowest BCUT2D eigenvalue weighted by Gasteiger charge is -2.34. The van der Waals surface area contributed by atoms with Crippen LogP contribution in [0.25, 0.3) is 0 Å². The summed E-state index contributed by atoms with van der Waals surface area (Å²) in [6, 6.07) is 2.64. The SMILES string of the molecule is O=C([C@H]1CCOC1)N1CCO[C@H](c2cc(F)c(Cl)cc2Cl)C1. The summed E-state index contributed by atoms with van der Waals surface area (Å²) >= 11 is 11.8. The van der Waals surface area contributed by atoms with E-state index in [1.54, 1.807) is 4.90 Å². The molecule has 3 rings (SSSR count). The normalized spacial score (nSPS) is 25.5. The van der Waals surface area contributed by atoms with Gasteiger partial charge >= 0.3 is 0 Å². The van der Waals surface area contributed by atoms with Gasteiger partial charge in [-0.2, -0.15) is 0 Å². The molecule has 1 aromatic rings. The van der Waals surface area contributed by atoms with Crippen LogP contribution in [0.4, 0.5) is 4.39 Å². The van der Waals surface area contributed by atoms with Crippen LogP contribution in [0.15, 0.2) is 12.1 Å². The van der Waals surface area contributed by atoms with Crippen molar-refractivity contribution in [1.82, 2.24) is 4.90 Å². The summed E-state index contributed by atoms with van der Waals surface area (Å²) in [7, 11) is 0. The summed E-state index contributed by atoms with van der Waals surface area (Å²) in [5, 5.41) is 0.315. The Morgan fingerprint density at radius 2 is 2.09 bits per heavy atom. The molecule has 1 aromatic carbocycles. The van der Waals surface area contributed by atoms with Crippen LogP contribution < -0.4 is 0 Å². The fourth-order valence-corrected chi connectivity index (χ4v) is 3.31. The molecule has 7 heteroatoms. The first kappa shape index (κ1) is 16.0. The second-order valence-electron chi connectivity index (χ2n) is 5.49. The quantitative estimate of drug-likeness (QED) is 0.771. The van der Waals surface area contributed by atoms with Crippen molar-refractivity contribution in [3.8, 4) is 0 Å². The van der Waals surface area contributed by atoms with Crippen molar-refractivity contribution in [2.45, 2.75) is 12.5 Å². The zero-order valence-corrected chi connectivity index (χ0v) is 13.4. The fraction of sp³-hybridized carbons (Fsp3) is 0.533. The van der Waals surface area contributed by atoms with Crippen molar-refractivity contribution in [2.24, 2.45) is 5.92 Å². The van der Waals surface area contributed by atoms with Crippen LogP contribution in [0.2, 0.25) is 10.0 Å². The Balaban J connectivity index is 1.75. The highest BCUT2D eigenvalue weighted by Crippen LogP contribution is 2.33. The highest BCUT2D eigenvalue weighted by molar-refractivity contribution is 6.35. The van der Waals surface area contributed by atoms with Crippen molar-refractivity contribution in [3.63, 3.8) is 0 Å². The molecule has 2 aliphatic heterocycles. The molecule has 0 N–H and O–H groups in total. The Kier molecular flexibility index (Phi) is 4.88.